The van der Waals surface area contributed by atoms with Crippen molar-refractivity contribution in [1.29, 1.82) is 0 Å². The highest BCUT2D eigenvalue weighted by atomic mass is 35.5. The maximum absolute atomic E-state index is 13.3. The van der Waals surface area contributed by atoms with Crippen LogP contribution in [0.2, 0.25) is 5.02 Å². The Morgan fingerprint density at radius 1 is 1.33 bits per heavy atom. The van der Waals surface area contributed by atoms with Gasteiger partial charge in [0.1, 0.15) is 5.82 Å². The molecular formula is C19H17ClFN3O2S. The second kappa shape index (κ2) is 7.62. The summed E-state index contributed by atoms with van der Waals surface area (Å²) in [4.78, 5) is 28.0. The summed E-state index contributed by atoms with van der Waals surface area (Å²) < 4.78 is 15.1. The predicted molar refractivity (Wildman–Crippen MR) is 106 cm³/mol. The molecule has 3 aromatic rings. The van der Waals surface area contributed by atoms with Gasteiger partial charge in [-0.1, -0.05) is 17.7 Å². The van der Waals surface area contributed by atoms with Crippen molar-refractivity contribution in [2.45, 2.75) is 26.4 Å². The van der Waals surface area contributed by atoms with E-state index < -0.39 is 5.82 Å². The molecule has 2 aromatic carbocycles. The van der Waals surface area contributed by atoms with Crippen LogP contribution in [-0.2, 0) is 6.54 Å². The van der Waals surface area contributed by atoms with E-state index in [1.807, 2.05) is 6.92 Å². The number of nitrogens with zero attached hydrogens (tertiary/aromatic N) is 1. The third-order valence-electron chi connectivity index (χ3n) is 4.35. The van der Waals surface area contributed by atoms with Gasteiger partial charge in [-0.15, -0.1) is 0 Å². The Morgan fingerprint density at radius 2 is 2.07 bits per heavy atom. The molecule has 0 fully saturated rings. The van der Waals surface area contributed by atoms with Gasteiger partial charge in [0.2, 0.25) is 0 Å². The number of amides is 1. The SMILES string of the molecule is CCn1c(=S)[nH]c2cc(C(=O)NC(C)c3ccc(F)c(Cl)c3)ccc2c1=O. The molecule has 0 aliphatic heterocycles. The van der Waals surface area contributed by atoms with E-state index >= 15 is 0 Å². The highest BCUT2D eigenvalue weighted by Crippen LogP contribution is 2.21. The Kier molecular flexibility index (Phi) is 5.43. The molecule has 0 radical (unpaired) electrons. The molecule has 0 spiro atoms. The summed E-state index contributed by atoms with van der Waals surface area (Å²) in [7, 11) is 0. The smallest absolute Gasteiger partial charge is 0.262 e. The Hall–Kier alpha value is -2.51. The maximum Gasteiger partial charge on any atom is 0.262 e. The molecule has 3 rings (SSSR count). The van der Waals surface area contributed by atoms with Gasteiger partial charge in [-0.3, -0.25) is 14.2 Å². The number of fused-ring (bicyclic) bond motifs is 1. The van der Waals surface area contributed by atoms with Crippen LogP contribution in [0.25, 0.3) is 10.9 Å². The minimum Gasteiger partial charge on any atom is -0.346 e. The number of H-pyrrole nitrogens is 1. The molecule has 140 valence electrons. The zero-order chi connectivity index (χ0) is 19.7. The fourth-order valence-corrected chi connectivity index (χ4v) is 3.34. The molecule has 0 saturated heterocycles. The molecule has 0 aliphatic carbocycles. The molecule has 1 amide bonds. The fraction of sp³-hybridized carbons (Fsp3) is 0.211. The van der Waals surface area contributed by atoms with Crippen LogP contribution in [0.15, 0.2) is 41.2 Å². The molecular weight excluding hydrogens is 389 g/mol. The van der Waals surface area contributed by atoms with Crippen molar-refractivity contribution in [3.05, 3.63) is 73.5 Å². The Bertz CT molecular complexity index is 1160. The van der Waals surface area contributed by atoms with Gasteiger partial charge in [0.15, 0.2) is 4.77 Å². The van der Waals surface area contributed by atoms with Gasteiger partial charge in [-0.05, 0) is 62.0 Å². The standard InChI is InChI=1S/C19H17ClFN3O2S/c1-3-24-18(26)13-6-4-12(9-16(13)23-19(24)27)17(25)22-10(2)11-5-7-15(21)14(20)8-11/h4-10H,3H2,1-2H3,(H,22,25)(H,23,27). The van der Waals surface area contributed by atoms with E-state index in [9.17, 15) is 14.0 Å². The van der Waals surface area contributed by atoms with E-state index in [2.05, 4.69) is 10.3 Å². The van der Waals surface area contributed by atoms with E-state index in [0.717, 1.165) is 0 Å². The summed E-state index contributed by atoms with van der Waals surface area (Å²) >= 11 is 11.0. The second-order valence-corrected chi connectivity index (χ2v) is 6.90. The number of nitrogens with one attached hydrogen (secondary N) is 2. The summed E-state index contributed by atoms with van der Waals surface area (Å²) in [6, 6.07) is 8.70. The highest BCUT2D eigenvalue weighted by Gasteiger charge is 2.14. The van der Waals surface area contributed by atoms with Crippen LogP contribution >= 0.6 is 23.8 Å². The van der Waals surface area contributed by atoms with Gasteiger partial charge in [0.05, 0.1) is 22.0 Å². The number of rotatable bonds is 4. The van der Waals surface area contributed by atoms with Gasteiger partial charge < -0.3 is 10.3 Å². The van der Waals surface area contributed by atoms with Crippen molar-refractivity contribution in [2.75, 3.05) is 0 Å². The quantitative estimate of drug-likeness (QED) is 0.633. The molecule has 5 nitrogen and oxygen atoms in total. The van der Waals surface area contributed by atoms with Crippen molar-refractivity contribution in [1.82, 2.24) is 14.9 Å². The highest BCUT2D eigenvalue weighted by molar-refractivity contribution is 7.71. The number of aromatic nitrogens is 2. The van der Waals surface area contributed by atoms with Crippen LogP contribution < -0.4 is 10.9 Å². The first-order valence-corrected chi connectivity index (χ1v) is 9.13. The number of hydrogen-bond donors (Lipinski definition) is 2. The summed E-state index contributed by atoms with van der Waals surface area (Å²) in [5.74, 6) is -0.842. The van der Waals surface area contributed by atoms with Crippen molar-refractivity contribution in [3.63, 3.8) is 0 Å². The number of hydrogen-bond acceptors (Lipinski definition) is 3. The molecule has 8 heteroatoms. The first kappa shape index (κ1) is 19.3. The maximum atomic E-state index is 13.3. The summed E-state index contributed by atoms with van der Waals surface area (Å²) in [5.41, 5.74) is 1.36. The zero-order valence-electron chi connectivity index (χ0n) is 14.7. The molecule has 1 aromatic heterocycles. The van der Waals surface area contributed by atoms with E-state index in [-0.39, 0.29) is 22.5 Å². The van der Waals surface area contributed by atoms with Crippen LogP contribution in [0.1, 0.15) is 35.8 Å². The monoisotopic (exact) mass is 405 g/mol. The van der Waals surface area contributed by atoms with Crippen LogP contribution in [0.5, 0.6) is 0 Å². The minimum absolute atomic E-state index is 0.000849. The van der Waals surface area contributed by atoms with Crippen LogP contribution in [0.4, 0.5) is 4.39 Å². The van der Waals surface area contributed by atoms with E-state index in [1.165, 1.54) is 16.7 Å². The second-order valence-electron chi connectivity index (χ2n) is 6.11. The number of carbonyl (C=O) groups excluding carboxylic acids is 1. The van der Waals surface area contributed by atoms with E-state index in [1.54, 1.807) is 31.2 Å². The van der Waals surface area contributed by atoms with E-state index in [0.29, 0.717) is 33.3 Å². The number of halogens is 2. The first-order valence-electron chi connectivity index (χ1n) is 8.34. The normalized spacial score (nSPS) is 12.1. The van der Waals surface area contributed by atoms with Crippen molar-refractivity contribution < 1.29 is 9.18 Å². The summed E-state index contributed by atoms with van der Waals surface area (Å²) in [6.45, 7) is 4.07. The fourth-order valence-electron chi connectivity index (χ4n) is 2.83. The lowest BCUT2D eigenvalue weighted by Crippen LogP contribution is -2.27. The van der Waals surface area contributed by atoms with Crippen LogP contribution in [0, 0.1) is 10.6 Å². The molecule has 0 saturated carbocycles. The van der Waals surface area contributed by atoms with Crippen molar-refractivity contribution >= 4 is 40.6 Å². The lowest BCUT2D eigenvalue weighted by atomic mass is 10.1. The molecule has 0 bridgehead atoms. The van der Waals surface area contributed by atoms with Crippen LogP contribution in [-0.4, -0.2) is 15.5 Å². The average molecular weight is 406 g/mol. The van der Waals surface area contributed by atoms with Gasteiger partial charge >= 0.3 is 0 Å². The minimum atomic E-state index is -0.513. The molecule has 2 N–H and O–H groups in total. The van der Waals surface area contributed by atoms with Gasteiger partial charge in [-0.2, -0.15) is 0 Å². The number of benzene rings is 2. The first-order chi connectivity index (χ1) is 12.8. The van der Waals surface area contributed by atoms with Gasteiger partial charge in [0, 0.05) is 12.1 Å². The van der Waals surface area contributed by atoms with Crippen LogP contribution in [0.3, 0.4) is 0 Å². The summed E-state index contributed by atoms with van der Waals surface area (Å²) in [5, 5.41) is 3.29. The average Bonchev–Trinajstić information content (AvgIpc) is 2.63. The lowest BCUT2D eigenvalue weighted by Gasteiger charge is -2.15. The Labute approximate surface area is 164 Å². The summed E-state index contributed by atoms with van der Waals surface area (Å²) in [6.07, 6.45) is 0. The predicted octanol–water partition coefficient (Wildman–Crippen LogP) is 4.36. The molecule has 0 aliphatic rings. The third-order valence-corrected chi connectivity index (χ3v) is 4.96. The number of aromatic amines is 1. The third kappa shape index (κ3) is 3.79. The van der Waals surface area contributed by atoms with Crippen molar-refractivity contribution in [2.24, 2.45) is 0 Å². The molecule has 1 atom stereocenters. The van der Waals surface area contributed by atoms with Gasteiger partial charge in [0.25, 0.3) is 11.5 Å². The van der Waals surface area contributed by atoms with Gasteiger partial charge in [-0.25, -0.2) is 4.39 Å². The Morgan fingerprint density at radius 3 is 2.74 bits per heavy atom. The lowest BCUT2D eigenvalue weighted by molar-refractivity contribution is 0.0940. The molecule has 1 unspecified atom stereocenters. The zero-order valence-corrected chi connectivity index (χ0v) is 16.2. The largest absolute Gasteiger partial charge is 0.346 e. The van der Waals surface area contributed by atoms with E-state index in [4.69, 9.17) is 23.8 Å². The molecule has 27 heavy (non-hydrogen) atoms. The number of carbonyl (C=O) groups is 1. The van der Waals surface area contributed by atoms with Crippen molar-refractivity contribution in [3.8, 4) is 0 Å². The molecule has 1 heterocycles. The Balaban J connectivity index is 1.90. The topological polar surface area (TPSA) is 66.9 Å².